The minimum atomic E-state index is -0.0390. The Hall–Kier alpha value is -0.920. The standard InChI is InChI=1S/C14H13IN2OS/c15-13-6-11(8-19-13)14(18)17-12-2-1-9-3-4-16-7-10(9)5-12/h1-2,5-6,8,16H,3-4,7H2,(H,17,18). The number of thiophene rings is 1. The molecule has 0 atom stereocenters. The van der Waals surface area contributed by atoms with Crippen LogP contribution in [0, 0.1) is 2.88 Å². The lowest BCUT2D eigenvalue weighted by molar-refractivity contribution is 0.102. The minimum Gasteiger partial charge on any atom is -0.322 e. The number of amides is 1. The molecule has 98 valence electrons. The van der Waals surface area contributed by atoms with E-state index in [1.54, 1.807) is 11.3 Å². The zero-order chi connectivity index (χ0) is 13.2. The Kier molecular flexibility index (Phi) is 3.86. The Labute approximate surface area is 129 Å². The van der Waals surface area contributed by atoms with Crippen LogP contribution in [0.5, 0.6) is 0 Å². The van der Waals surface area contributed by atoms with Crippen molar-refractivity contribution >= 4 is 45.5 Å². The maximum Gasteiger partial charge on any atom is 0.256 e. The number of carbonyl (C=O) groups excluding carboxylic acids is 1. The molecular weight excluding hydrogens is 371 g/mol. The van der Waals surface area contributed by atoms with Crippen LogP contribution >= 0.6 is 33.9 Å². The molecule has 3 nitrogen and oxygen atoms in total. The van der Waals surface area contributed by atoms with Crippen LogP contribution in [0.3, 0.4) is 0 Å². The van der Waals surface area contributed by atoms with Crippen molar-refractivity contribution in [3.8, 4) is 0 Å². The van der Waals surface area contributed by atoms with E-state index in [4.69, 9.17) is 0 Å². The van der Waals surface area contributed by atoms with E-state index in [1.807, 2.05) is 17.5 Å². The Balaban J connectivity index is 1.78. The predicted molar refractivity (Wildman–Crippen MR) is 86.8 cm³/mol. The van der Waals surface area contributed by atoms with Gasteiger partial charge in [-0.05, 0) is 64.9 Å². The Bertz CT molecular complexity index is 624. The number of rotatable bonds is 2. The van der Waals surface area contributed by atoms with Crippen LogP contribution in [0.15, 0.2) is 29.6 Å². The van der Waals surface area contributed by atoms with Gasteiger partial charge in [-0.1, -0.05) is 6.07 Å². The molecule has 0 unspecified atom stereocenters. The third-order valence-electron chi connectivity index (χ3n) is 3.18. The molecular formula is C14H13IN2OS. The van der Waals surface area contributed by atoms with E-state index >= 15 is 0 Å². The van der Waals surface area contributed by atoms with Crippen molar-refractivity contribution in [1.82, 2.24) is 5.32 Å². The molecule has 2 aromatic rings. The number of anilines is 1. The third kappa shape index (κ3) is 2.98. The molecule has 1 amide bonds. The molecule has 0 saturated carbocycles. The minimum absolute atomic E-state index is 0.0390. The molecule has 1 aliphatic heterocycles. The topological polar surface area (TPSA) is 41.1 Å². The molecule has 0 fully saturated rings. The first-order chi connectivity index (χ1) is 9.22. The van der Waals surface area contributed by atoms with E-state index < -0.39 is 0 Å². The van der Waals surface area contributed by atoms with Crippen molar-refractivity contribution in [2.45, 2.75) is 13.0 Å². The monoisotopic (exact) mass is 384 g/mol. The van der Waals surface area contributed by atoms with E-state index in [0.717, 1.165) is 33.6 Å². The predicted octanol–water partition coefficient (Wildman–Crippen LogP) is 3.25. The van der Waals surface area contributed by atoms with Gasteiger partial charge in [0.1, 0.15) is 0 Å². The van der Waals surface area contributed by atoms with Gasteiger partial charge in [-0.2, -0.15) is 0 Å². The van der Waals surface area contributed by atoms with E-state index in [1.165, 1.54) is 11.1 Å². The lowest BCUT2D eigenvalue weighted by atomic mass is 10.0. The van der Waals surface area contributed by atoms with E-state index in [0.29, 0.717) is 0 Å². The molecule has 3 rings (SSSR count). The smallest absolute Gasteiger partial charge is 0.256 e. The van der Waals surface area contributed by atoms with E-state index in [9.17, 15) is 4.79 Å². The Morgan fingerprint density at radius 1 is 1.32 bits per heavy atom. The summed E-state index contributed by atoms with van der Waals surface area (Å²) in [7, 11) is 0. The van der Waals surface area contributed by atoms with Gasteiger partial charge in [0.25, 0.3) is 5.91 Å². The fraction of sp³-hybridized carbons (Fsp3) is 0.214. The second kappa shape index (κ2) is 5.60. The largest absolute Gasteiger partial charge is 0.322 e. The molecule has 0 saturated heterocycles. The molecule has 2 N–H and O–H groups in total. The number of nitrogens with one attached hydrogen (secondary N) is 2. The highest BCUT2D eigenvalue weighted by atomic mass is 127. The van der Waals surface area contributed by atoms with Gasteiger partial charge in [0, 0.05) is 17.6 Å². The van der Waals surface area contributed by atoms with Gasteiger partial charge in [0.2, 0.25) is 0 Å². The summed E-state index contributed by atoms with van der Waals surface area (Å²) in [6, 6.07) is 8.07. The maximum atomic E-state index is 12.1. The Morgan fingerprint density at radius 3 is 3.00 bits per heavy atom. The highest BCUT2D eigenvalue weighted by molar-refractivity contribution is 14.1. The number of carbonyl (C=O) groups is 1. The van der Waals surface area contributed by atoms with Gasteiger partial charge < -0.3 is 10.6 Å². The molecule has 0 spiro atoms. The summed E-state index contributed by atoms with van der Waals surface area (Å²) in [5.74, 6) is -0.0390. The molecule has 19 heavy (non-hydrogen) atoms. The lowest BCUT2D eigenvalue weighted by Gasteiger charge is -2.18. The van der Waals surface area contributed by atoms with Gasteiger partial charge in [0.15, 0.2) is 0 Å². The van der Waals surface area contributed by atoms with E-state index in [2.05, 4.69) is 45.4 Å². The summed E-state index contributed by atoms with van der Waals surface area (Å²) < 4.78 is 1.12. The zero-order valence-corrected chi connectivity index (χ0v) is 13.2. The average molecular weight is 384 g/mol. The van der Waals surface area contributed by atoms with Crippen LogP contribution in [0.2, 0.25) is 0 Å². The highest BCUT2D eigenvalue weighted by Crippen LogP contribution is 2.21. The average Bonchev–Trinajstić information content (AvgIpc) is 2.85. The van der Waals surface area contributed by atoms with Crippen molar-refractivity contribution in [1.29, 1.82) is 0 Å². The van der Waals surface area contributed by atoms with E-state index in [-0.39, 0.29) is 5.91 Å². The molecule has 0 bridgehead atoms. The molecule has 2 heterocycles. The van der Waals surface area contributed by atoms with Gasteiger partial charge in [0.05, 0.1) is 8.45 Å². The molecule has 1 aliphatic rings. The number of benzene rings is 1. The summed E-state index contributed by atoms with van der Waals surface area (Å²) in [5.41, 5.74) is 4.25. The lowest BCUT2D eigenvalue weighted by Crippen LogP contribution is -2.23. The second-order valence-electron chi connectivity index (χ2n) is 4.50. The first-order valence-electron chi connectivity index (χ1n) is 6.10. The van der Waals surface area contributed by atoms with Crippen LogP contribution in [0.4, 0.5) is 5.69 Å². The summed E-state index contributed by atoms with van der Waals surface area (Å²) in [6.45, 7) is 1.92. The first kappa shape index (κ1) is 13.1. The van der Waals surface area contributed by atoms with Crippen molar-refractivity contribution in [3.05, 3.63) is 49.2 Å². The SMILES string of the molecule is O=C(Nc1ccc2c(c1)CNCC2)c1csc(I)c1. The number of hydrogen-bond acceptors (Lipinski definition) is 3. The number of hydrogen-bond donors (Lipinski definition) is 2. The highest BCUT2D eigenvalue weighted by Gasteiger charge is 2.11. The maximum absolute atomic E-state index is 12.1. The van der Waals surface area contributed by atoms with Crippen LogP contribution in [0.25, 0.3) is 0 Å². The summed E-state index contributed by atoms with van der Waals surface area (Å²) in [5, 5.41) is 8.19. The van der Waals surface area contributed by atoms with Crippen molar-refractivity contribution in [3.63, 3.8) is 0 Å². The van der Waals surface area contributed by atoms with Crippen LogP contribution in [-0.4, -0.2) is 12.5 Å². The van der Waals surface area contributed by atoms with Crippen molar-refractivity contribution < 1.29 is 4.79 Å². The van der Waals surface area contributed by atoms with Gasteiger partial charge in [-0.3, -0.25) is 4.79 Å². The fourth-order valence-electron chi connectivity index (χ4n) is 2.19. The number of fused-ring (bicyclic) bond motifs is 1. The number of halogens is 1. The summed E-state index contributed by atoms with van der Waals surface area (Å²) in [4.78, 5) is 12.1. The van der Waals surface area contributed by atoms with Crippen molar-refractivity contribution in [2.75, 3.05) is 11.9 Å². The normalized spacial score (nSPS) is 13.9. The molecule has 1 aromatic carbocycles. The van der Waals surface area contributed by atoms with Crippen LogP contribution in [-0.2, 0) is 13.0 Å². The van der Waals surface area contributed by atoms with Gasteiger partial charge in [-0.15, -0.1) is 11.3 Å². The summed E-state index contributed by atoms with van der Waals surface area (Å²) >= 11 is 3.81. The zero-order valence-electron chi connectivity index (χ0n) is 10.2. The fourth-order valence-corrected chi connectivity index (χ4v) is 3.52. The third-order valence-corrected chi connectivity index (χ3v) is 4.97. The Morgan fingerprint density at radius 2 is 2.21 bits per heavy atom. The van der Waals surface area contributed by atoms with Crippen molar-refractivity contribution in [2.24, 2.45) is 0 Å². The van der Waals surface area contributed by atoms with Gasteiger partial charge >= 0.3 is 0 Å². The molecule has 5 heteroatoms. The van der Waals surface area contributed by atoms with Gasteiger partial charge in [-0.25, -0.2) is 0 Å². The molecule has 0 radical (unpaired) electrons. The molecule has 0 aliphatic carbocycles. The van der Waals surface area contributed by atoms with Crippen LogP contribution in [0.1, 0.15) is 21.5 Å². The second-order valence-corrected chi connectivity index (χ2v) is 7.31. The summed E-state index contributed by atoms with van der Waals surface area (Å²) in [6.07, 6.45) is 1.06. The first-order valence-corrected chi connectivity index (χ1v) is 8.06. The van der Waals surface area contributed by atoms with Crippen LogP contribution < -0.4 is 10.6 Å². The molecule has 1 aromatic heterocycles. The quantitative estimate of drug-likeness (QED) is 0.781.